The number of primary sulfonamides is 1. The number of hydrogen-bond donors (Lipinski definition) is 1. The highest BCUT2D eigenvalue weighted by atomic mass is 32.2. The Morgan fingerprint density at radius 2 is 2.07 bits per heavy atom. The van der Waals surface area contributed by atoms with Crippen LogP contribution < -0.4 is 5.14 Å². The Kier molecular flexibility index (Phi) is 2.32. The molecule has 1 heterocycles. The van der Waals surface area contributed by atoms with Gasteiger partial charge in [0.1, 0.15) is 0 Å². The molecule has 2 N–H and O–H groups in total. The molecule has 0 spiro atoms. The van der Waals surface area contributed by atoms with Crippen LogP contribution in [0.2, 0.25) is 0 Å². The quantitative estimate of drug-likeness (QED) is 0.786. The molecule has 1 fully saturated rings. The maximum absolute atomic E-state index is 11.2. The smallest absolute Gasteiger partial charge is 0.250 e. The summed E-state index contributed by atoms with van der Waals surface area (Å²) >= 11 is 0. The van der Waals surface area contributed by atoms with Crippen molar-refractivity contribution in [2.45, 2.75) is 36.8 Å². The number of rotatable bonds is 2. The molecule has 1 aliphatic carbocycles. The van der Waals surface area contributed by atoms with Gasteiger partial charge in [-0.05, 0) is 18.9 Å². The number of sulfonamides is 1. The summed E-state index contributed by atoms with van der Waals surface area (Å²) in [6, 6.07) is 1.66. The summed E-state index contributed by atoms with van der Waals surface area (Å²) in [6.07, 6.45) is 5.73. The van der Waals surface area contributed by atoms with Gasteiger partial charge in [-0.3, -0.25) is 0 Å². The summed E-state index contributed by atoms with van der Waals surface area (Å²) in [5, 5.41) is 9.23. The summed E-state index contributed by atoms with van der Waals surface area (Å²) in [6.45, 7) is 0. The SMILES string of the molecule is NS(=O)(=O)c1ccnn1C1CCCC1. The van der Waals surface area contributed by atoms with Crippen LogP contribution >= 0.6 is 0 Å². The van der Waals surface area contributed by atoms with Gasteiger partial charge in [0.2, 0.25) is 0 Å². The Morgan fingerprint density at radius 1 is 1.43 bits per heavy atom. The van der Waals surface area contributed by atoms with Crippen molar-refractivity contribution < 1.29 is 8.42 Å². The van der Waals surface area contributed by atoms with Gasteiger partial charge < -0.3 is 0 Å². The highest BCUT2D eigenvalue weighted by Gasteiger charge is 2.23. The van der Waals surface area contributed by atoms with Gasteiger partial charge in [-0.15, -0.1) is 0 Å². The molecular weight excluding hydrogens is 202 g/mol. The molecule has 78 valence electrons. The maximum atomic E-state index is 11.2. The van der Waals surface area contributed by atoms with E-state index >= 15 is 0 Å². The molecule has 1 saturated carbocycles. The van der Waals surface area contributed by atoms with E-state index < -0.39 is 10.0 Å². The van der Waals surface area contributed by atoms with Gasteiger partial charge in [-0.1, -0.05) is 12.8 Å². The largest absolute Gasteiger partial charge is 0.255 e. The van der Waals surface area contributed by atoms with Crippen molar-refractivity contribution in [3.8, 4) is 0 Å². The second kappa shape index (κ2) is 3.36. The summed E-state index contributed by atoms with van der Waals surface area (Å²) in [5.41, 5.74) is 0. The highest BCUT2D eigenvalue weighted by molar-refractivity contribution is 7.89. The van der Waals surface area contributed by atoms with Crippen molar-refractivity contribution in [3.05, 3.63) is 12.3 Å². The standard InChI is InChI=1S/C8H13N3O2S/c9-14(12,13)8-5-6-10-11(8)7-3-1-2-4-7/h5-7H,1-4H2,(H2,9,12,13). The van der Waals surface area contributed by atoms with E-state index in [0.717, 1.165) is 25.7 Å². The van der Waals surface area contributed by atoms with Crippen LogP contribution in [0, 0.1) is 0 Å². The lowest BCUT2D eigenvalue weighted by atomic mass is 10.3. The van der Waals surface area contributed by atoms with Crippen LogP contribution in [0.5, 0.6) is 0 Å². The van der Waals surface area contributed by atoms with Gasteiger partial charge >= 0.3 is 0 Å². The summed E-state index contributed by atoms with van der Waals surface area (Å²) in [4.78, 5) is 0. The van der Waals surface area contributed by atoms with Crippen LogP contribution in [0.15, 0.2) is 17.3 Å². The molecular formula is C8H13N3O2S. The molecule has 0 unspecified atom stereocenters. The summed E-state index contributed by atoms with van der Waals surface area (Å²) in [5.74, 6) is 0. The normalized spacial score (nSPS) is 18.9. The van der Waals surface area contributed by atoms with Gasteiger partial charge in [0.25, 0.3) is 10.0 Å². The van der Waals surface area contributed by atoms with Crippen LogP contribution in [-0.2, 0) is 10.0 Å². The third-order valence-electron chi connectivity index (χ3n) is 2.60. The monoisotopic (exact) mass is 215 g/mol. The Bertz CT molecular complexity index is 418. The van der Waals surface area contributed by atoms with E-state index in [1.165, 1.54) is 12.3 Å². The number of aromatic nitrogens is 2. The third-order valence-corrected chi connectivity index (χ3v) is 3.50. The van der Waals surface area contributed by atoms with Crippen molar-refractivity contribution in [2.75, 3.05) is 0 Å². The average molecular weight is 215 g/mol. The van der Waals surface area contributed by atoms with Crippen LogP contribution in [0.25, 0.3) is 0 Å². The lowest BCUT2D eigenvalue weighted by Crippen LogP contribution is -2.20. The molecule has 0 radical (unpaired) electrons. The average Bonchev–Trinajstić information content (AvgIpc) is 2.73. The third kappa shape index (κ3) is 1.67. The lowest BCUT2D eigenvalue weighted by Gasteiger charge is -2.12. The van der Waals surface area contributed by atoms with Gasteiger partial charge in [0, 0.05) is 0 Å². The van der Waals surface area contributed by atoms with E-state index in [2.05, 4.69) is 5.10 Å². The zero-order valence-electron chi connectivity index (χ0n) is 7.76. The molecule has 5 nitrogen and oxygen atoms in total. The predicted molar refractivity (Wildman–Crippen MR) is 51.1 cm³/mol. The highest BCUT2D eigenvalue weighted by Crippen LogP contribution is 2.30. The second-order valence-electron chi connectivity index (χ2n) is 3.60. The molecule has 2 rings (SSSR count). The van der Waals surface area contributed by atoms with Crippen molar-refractivity contribution in [3.63, 3.8) is 0 Å². The minimum Gasteiger partial charge on any atom is -0.250 e. The fourth-order valence-electron chi connectivity index (χ4n) is 1.95. The Balaban J connectivity index is 2.39. The van der Waals surface area contributed by atoms with Crippen molar-refractivity contribution >= 4 is 10.0 Å². The molecule has 0 aliphatic heterocycles. The molecule has 1 aliphatic rings. The molecule has 0 atom stereocenters. The predicted octanol–water partition coefficient (Wildman–Crippen LogP) is 0.646. The van der Waals surface area contributed by atoms with Crippen molar-refractivity contribution in [1.82, 2.24) is 9.78 Å². The first kappa shape index (κ1) is 9.67. The van der Waals surface area contributed by atoms with E-state index in [4.69, 9.17) is 5.14 Å². The van der Waals surface area contributed by atoms with E-state index in [1.54, 1.807) is 4.68 Å². The molecule has 0 aromatic carbocycles. The minimum atomic E-state index is -3.63. The van der Waals surface area contributed by atoms with Crippen LogP contribution in [-0.4, -0.2) is 18.2 Å². The number of nitrogens with zero attached hydrogens (tertiary/aromatic N) is 2. The molecule has 0 saturated heterocycles. The van der Waals surface area contributed by atoms with Gasteiger partial charge in [-0.25, -0.2) is 18.2 Å². The fraction of sp³-hybridized carbons (Fsp3) is 0.625. The second-order valence-corrected chi connectivity index (χ2v) is 5.11. The van der Waals surface area contributed by atoms with E-state index in [1.807, 2.05) is 0 Å². The first-order chi connectivity index (χ1) is 6.59. The van der Waals surface area contributed by atoms with Crippen molar-refractivity contribution in [1.29, 1.82) is 0 Å². The number of nitrogens with two attached hydrogens (primary N) is 1. The van der Waals surface area contributed by atoms with Gasteiger partial charge in [-0.2, -0.15) is 5.10 Å². The molecule has 0 bridgehead atoms. The summed E-state index contributed by atoms with van der Waals surface area (Å²) in [7, 11) is -3.63. The maximum Gasteiger partial charge on any atom is 0.255 e. The first-order valence-corrected chi connectivity index (χ1v) is 6.20. The first-order valence-electron chi connectivity index (χ1n) is 4.65. The van der Waals surface area contributed by atoms with Crippen LogP contribution in [0.3, 0.4) is 0 Å². The van der Waals surface area contributed by atoms with Crippen LogP contribution in [0.1, 0.15) is 31.7 Å². The lowest BCUT2D eigenvalue weighted by molar-refractivity contribution is 0.427. The number of hydrogen-bond acceptors (Lipinski definition) is 3. The van der Waals surface area contributed by atoms with Crippen LogP contribution in [0.4, 0.5) is 0 Å². The Morgan fingerprint density at radius 3 is 2.64 bits per heavy atom. The molecule has 1 aromatic heterocycles. The molecule has 14 heavy (non-hydrogen) atoms. The zero-order chi connectivity index (χ0) is 10.2. The van der Waals surface area contributed by atoms with Gasteiger partial charge in [0.05, 0.1) is 12.2 Å². The Hall–Kier alpha value is -0.880. The molecule has 0 amide bonds. The Labute approximate surface area is 83.0 Å². The van der Waals surface area contributed by atoms with Gasteiger partial charge in [0.15, 0.2) is 5.03 Å². The van der Waals surface area contributed by atoms with E-state index in [-0.39, 0.29) is 11.1 Å². The zero-order valence-corrected chi connectivity index (χ0v) is 8.57. The minimum absolute atomic E-state index is 0.129. The van der Waals surface area contributed by atoms with Crippen molar-refractivity contribution in [2.24, 2.45) is 5.14 Å². The fourth-order valence-corrected chi connectivity index (χ4v) is 2.66. The molecule has 1 aromatic rings. The van der Waals surface area contributed by atoms with E-state index in [0.29, 0.717) is 0 Å². The molecule has 6 heteroatoms. The van der Waals surface area contributed by atoms with E-state index in [9.17, 15) is 8.42 Å². The summed E-state index contributed by atoms with van der Waals surface area (Å²) < 4.78 is 23.9. The topological polar surface area (TPSA) is 78.0 Å².